The summed E-state index contributed by atoms with van der Waals surface area (Å²) < 4.78 is 0. The Morgan fingerprint density at radius 3 is 2.95 bits per heavy atom. The largest absolute Gasteiger partial charge is 0.335 e. The molecule has 3 rings (SSSR count). The number of carbonyl (C=O) groups is 1. The number of carbonyl (C=O) groups excluding carboxylic acids is 1. The van der Waals surface area contributed by atoms with Gasteiger partial charge in [-0.15, -0.1) is 0 Å². The van der Waals surface area contributed by atoms with E-state index in [9.17, 15) is 4.79 Å². The summed E-state index contributed by atoms with van der Waals surface area (Å²) in [4.78, 5) is 12.0. The zero-order valence-corrected chi connectivity index (χ0v) is 11.1. The summed E-state index contributed by atoms with van der Waals surface area (Å²) in [6.07, 6.45) is 6.82. The first-order valence-electron chi connectivity index (χ1n) is 7.17. The third-order valence-corrected chi connectivity index (χ3v) is 3.98. The highest BCUT2D eigenvalue weighted by Gasteiger charge is 2.20. The molecule has 0 atom stereocenters. The van der Waals surface area contributed by atoms with Gasteiger partial charge in [-0.1, -0.05) is 19.3 Å². The van der Waals surface area contributed by atoms with E-state index in [0.29, 0.717) is 11.9 Å². The van der Waals surface area contributed by atoms with Gasteiger partial charge in [-0.05, 0) is 25.8 Å². The first-order valence-corrected chi connectivity index (χ1v) is 7.17. The van der Waals surface area contributed by atoms with Gasteiger partial charge in [0.2, 0.25) is 0 Å². The fraction of sp³-hybridized carbons (Fsp3) is 0.692. The number of hydrogen-bond acceptors (Lipinski definition) is 3. The van der Waals surface area contributed by atoms with Crippen LogP contribution in [0.3, 0.4) is 0 Å². The highest BCUT2D eigenvalue weighted by Crippen LogP contribution is 2.20. The molecule has 0 spiro atoms. The summed E-state index contributed by atoms with van der Waals surface area (Å²) in [5.41, 5.74) is 2.22. The lowest BCUT2D eigenvalue weighted by molar-refractivity contribution is 0.244. The Hall–Kier alpha value is -1.56. The van der Waals surface area contributed by atoms with Crippen molar-refractivity contribution in [1.29, 1.82) is 0 Å². The Bertz CT molecular complexity index is 450. The molecule has 1 aliphatic heterocycles. The van der Waals surface area contributed by atoms with E-state index in [2.05, 4.69) is 26.1 Å². The number of H-pyrrole nitrogens is 1. The average Bonchev–Trinajstić information content (AvgIpc) is 2.83. The van der Waals surface area contributed by atoms with Crippen LogP contribution < -0.4 is 16.0 Å². The van der Waals surface area contributed by atoms with Gasteiger partial charge in [0.25, 0.3) is 0 Å². The predicted molar refractivity (Wildman–Crippen MR) is 73.0 cm³/mol. The number of rotatable bonds is 2. The number of anilines is 1. The second kappa shape index (κ2) is 5.61. The van der Waals surface area contributed by atoms with Gasteiger partial charge < -0.3 is 10.6 Å². The van der Waals surface area contributed by atoms with Crippen LogP contribution in [0.4, 0.5) is 10.6 Å². The lowest BCUT2D eigenvalue weighted by Crippen LogP contribution is -2.39. The molecule has 2 aliphatic rings. The SMILES string of the molecule is O=C(Nc1n[nH]c2c1CCNC2)NC1CCCCC1. The Morgan fingerprint density at radius 2 is 2.11 bits per heavy atom. The molecule has 0 aromatic carbocycles. The number of urea groups is 1. The van der Waals surface area contributed by atoms with Gasteiger partial charge in [-0.2, -0.15) is 5.10 Å². The van der Waals surface area contributed by atoms with Crippen LogP contribution in [-0.4, -0.2) is 28.8 Å². The molecule has 0 unspecified atom stereocenters. The number of aromatic amines is 1. The molecule has 0 saturated heterocycles. The number of fused-ring (bicyclic) bond motifs is 1. The van der Waals surface area contributed by atoms with E-state index in [0.717, 1.165) is 43.6 Å². The van der Waals surface area contributed by atoms with E-state index in [1.807, 2.05) is 0 Å². The molecule has 6 nitrogen and oxygen atoms in total. The summed E-state index contributed by atoms with van der Waals surface area (Å²) >= 11 is 0. The maximum absolute atomic E-state index is 12.0. The van der Waals surface area contributed by atoms with Gasteiger partial charge in [0, 0.05) is 18.2 Å². The summed E-state index contributed by atoms with van der Waals surface area (Å²) in [6, 6.07) is 0.199. The molecule has 2 amide bonds. The second-order valence-electron chi connectivity index (χ2n) is 5.39. The lowest BCUT2D eigenvalue weighted by Gasteiger charge is -2.22. The molecule has 4 N–H and O–H groups in total. The molecular weight excluding hydrogens is 242 g/mol. The van der Waals surface area contributed by atoms with Crippen LogP contribution in [0.25, 0.3) is 0 Å². The normalized spacial score (nSPS) is 19.8. The van der Waals surface area contributed by atoms with Crippen molar-refractivity contribution < 1.29 is 4.79 Å². The van der Waals surface area contributed by atoms with Crippen LogP contribution in [0.15, 0.2) is 0 Å². The monoisotopic (exact) mass is 263 g/mol. The van der Waals surface area contributed by atoms with Crippen LogP contribution in [0.5, 0.6) is 0 Å². The molecule has 19 heavy (non-hydrogen) atoms. The van der Waals surface area contributed by atoms with Gasteiger partial charge in [-0.25, -0.2) is 4.79 Å². The Morgan fingerprint density at radius 1 is 1.26 bits per heavy atom. The van der Waals surface area contributed by atoms with Gasteiger partial charge in [0.15, 0.2) is 5.82 Å². The van der Waals surface area contributed by atoms with Crippen molar-refractivity contribution in [3.8, 4) is 0 Å². The highest BCUT2D eigenvalue weighted by molar-refractivity contribution is 5.89. The summed E-state index contributed by atoms with van der Waals surface area (Å²) in [5, 5.41) is 16.4. The first kappa shape index (κ1) is 12.5. The van der Waals surface area contributed by atoms with Crippen LogP contribution in [0.2, 0.25) is 0 Å². The summed E-state index contributed by atoms with van der Waals surface area (Å²) in [6.45, 7) is 1.74. The van der Waals surface area contributed by atoms with Crippen LogP contribution >= 0.6 is 0 Å². The van der Waals surface area contributed by atoms with Crippen molar-refractivity contribution in [1.82, 2.24) is 20.8 Å². The number of nitrogens with zero attached hydrogens (tertiary/aromatic N) is 1. The highest BCUT2D eigenvalue weighted by atomic mass is 16.2. The fourth-order valence-electron chi connectivity index (χ4n) is 2.92. The minimum Gasteiger partial charge on any atom is -0.335 e. The van der Waals surface area contributed by atoms with E-state index >= 15 is 0 Å². The van der Waals surface area contributed by atoms with Gasteiger partial charge in [-0.3, -0.25) is 10.4 Å². The van der Waals surface area contributed by atoms with Crippen molar-refractivity contribution in [2.75, 3.05) is 11.9 Å². The summed E-state index contributed by atoms with van der Waals surface area (Å²) in [5.74, 6) is 0.685. The molecule has 1 fully saturated rings. The molecule has 6 heteroatoms. The number of amides is 2. The maximum Gasteiger partial charge on any atom is 0.320 e. The third kappa shape index (κ3) is 2.89. The molecule has 1 saturated carbocycles. The minimum absolute atomic E-state index is 0.125. The van der Waals surface area contributed by atoms with Crippen molar-refractivity contribution in [3.63, 3.8) is 0 Å². The first-order chi connectivity index (χ1) is 9.33. The molecule has 104 valence electrons. The van der Waals surface area contributed by atoms with Crippen molar-refractivity contribution >= 4 is 11.8 Å². The Labute approximate surface area is 112 Å². The molecule has 1 aromatic heterocycles. The van der Waals surface area contributed by atoms with Crippen LogP contribution in [0.1, 0.15) is 43.4 Å². The molecular formula is C13H21N5O. The van der Waals surface area contributed by atoms with E-state index in [1.54, 1.807) is 0 Å². The van der Waals surface area contributed by atoms with Gasteiger partial charge >= 0.3 is 6.03 Å². The van der Waals surface area contributed by atoms with Crippen molar-refractivity contribution in [3.05, 3.63) is 11.3 Å². The van der Waals surface area contributed by atoms with E-state index < -0.39 is 0 Å². The Kier molecular flexibility index (Phi) is 3.68. The maximum atomic E-state index is 12.0. The summed E-state index contributed by atoms with van der Waals surface area (Å²) in [7, 11) is 0. The molecule has 2 heterocycles. The molecule has 0 radical (unpaired) electrons. The third-order valence-electron chi connectivity index (χ3n) is 3.98. The molecule has 0 bridgehead atoms. The zero-order valence-electron chi connectivity index (χ0n) is 11.1. The number of aromatic nitrogens is 2. The van der Waals surface area contributed by atoms with Crippen LogP contribution in [-0.2, 0) is 13.0 Å². The molecule has 1 aliphatic carbocycles. The van der Waals surface area contributed by atoms with Crippen molar-refractivity contribution in [2.45, 2.75) is 51.1 Å². The van der Waals surface area contributed by atoms with Crippen molar-refractivity contribution in [2.24, 2.45) is 0 Å². The standard InChI is InChI=1S/C13H21N5O/c19-13(15-9-4-2-1-3-5-9)16-12-10-6-7-14-8-11(10)17-18-12/h9,14H,1-8H2,(H3,15,16,17,18,19). The fourth-order valence-corrected chi connectivity index (χ4v) is 2.92. The van der Waals surface area contributed by atoms with Gasteiger partial charge in [0.05, 0.1) is 5.69 Å². The number of hydrogen-bond donors (Lipinski definition) is 4. The minimum atomic E-state index is -0.125. The second-order valence-corrected chi connectivity index (χ2v) is 5.39. The van der Waals surface area contributed by atoms with E-state index in [1.165, 1.54) is 19.3 Å². The number of nitrogens with one attached hydrogen (secondary N) is 4. The van der Waals surface area contributed by atoms with Gasteiger partial charge in [0.1, 0.15) is 0 Å². The smallest absolute Gasteiger partial charge is 0.320 e. The average molecular weight is 263 g/mol. The van der Waals surface area contributed by atoms with E-state index in [4.69, 9.17) is 0 Å². The molecule has 1 aromatic rings. The Balaban J connectivity index is 1.58. The lowest BCUT2D eigenvalue weighted by atomic mass is 9.96. The topological polar surface area (TPSA) is 81.8 Å². The zero-order chi connectivity index (χ0) is 13.1. The van der Waals surface area contributed by atoms with E-state index in [-0.39, 0.29) is 6.03 Å². The predicted octanol–water partition coefficient (Wildman–Crippen LogP) is 1.51. The quantitative estimate of drug-likeness (QED) is 0.653. The van der Waals surface area contributed by atoms with Crippen LogP contribution in [0, 0.1) is 0 Å².